The van der Waals surface area contributed by atoms with E-state index >= 15 is 0 Å². The van der Waals surface area contributed by atoms with Gasteiger partial charge in [0.05, 0.1) is 0 Å². The average Bonchev–Trinajstić information content (AvgIpc) is 2.58. The van der Waals surface area contributed by atoms with Crippen LogP contribution in [0.15, 0.2) is 15.9 Å². The Hall–Kier alpha value is 0.290. The van der Waals surface area contributed by atoms with Crippen molar-refractivity contribution in [1.29, 1.82) is 0 Å². The molecule has 1 N–H and O–H groups in total. The molecule has 0 spiro atoms. The highest BCUT2D eigenvalue weighted by Crippen LogP contribution is 2.19. The van der Waals surface area contributed by atoms with Gasteiger partial charge in [-0.2, -0.15) is 0 Å². The minimum Gasteiger partial charge on any atom is -0.312 e. The van der Waals surface area contributed by atoms with Gasteiger partial charge in [-0.3, -0.25) is 4.21 Å². The Morgan fingerprint density at radius 1 is 1.67 bits per heavy atom. The zero-order valence-electron chi connectivity index (χ0n) is 8.96. The number of halogens is 1. The van der Waals surface area contributed by atoms with Gasteiger partial charge in [0.25, 0.3) is 0 Å². The van der Waals surface area contributed by atoms with Crippen LogP contribution in [0.2, 0.25) is 0 Å². The number of nitrogens with one attached hydrogen (secondary N) is 1. The van der Waals surface area contributed by atoms with Crippen molar-refractivity contribution in [2.45, 2.75) is 25.1 Å². The zero-order valence-corrected chi connectivity index (χ0v) is 12.2. The molecule has 2 nitrogen and oxygen atoms in total. The van der Waals surface area contributed by atoms with Crippen molar-refractivity contribution in [3.05, 3.63) is 20.8 Å². The van der Waals surface area contributed by atoms with E-state index in [4.69, 9.17) is 0 Å². The van der Waals surface area contributed by atoms with Gasteiger partial charge in [-0.05, 0) is 35.0 Å². The Labute approximate surface area is 106 Å². The van der Waals surface area contributed by atoms with Crippen molar-refractivity contribution >= 4 is 38.1 Å². The maximum atomic E-state index is 11.1. The fourth-order valence-corrected chi connectivity index (χ4v) is 3.00. The smallest absolute Gasteiger partial charge is 0.0329 e. The average molecular weight is 310 g/mol. The lowest BCUT2D eigenvalue weighted by molar-refractivity contribution is 0.632. The van der Waals surface area contributed by atoms with Gasteiger partial charge in [-0.15, -0.1) is 11.3 Å². The minimum atomic E-state index is -0.699. The molecule has 0 saturated carbocycles. The monoisotopic (exact) mass is 309 g/mol. The van der Waals surface area contributed by atoms with Crippen LogP contribution in [0.25, 0.3) is 0 Å². The third-order valence-corrected chi connectivity index (χ3v) is 5.28. The van der Waals surface area contributed by atoms with Crippen molar-refractivity contribution in [3.63, 3.8) is 0 Å². The normalized spacial score (nSPS) is 15.1. The second-order valence-electron chi connectivity index (χ2n) is 3.51. The number of rotatable bonds is 6. The maximum Gasteiger partial charge on any atom is 0.0329 e. The van der Waals surface area contributed by atoms with E-state index in [0.29, 0.717) is 0 Å². The van der Waals surface area contributed by atoms with Crippen LogP contribution in [-0.4, -0.2) is 22.3 Å². The quantitative estimate of drug-likeness (QED) is 0.819. The highest BCUT2D eigenvalue weighted by molar-refractivity contribution is 9.10. The molecule has 0 aromatic carbocycles. The van der Waals surface area contributed by atoms with Gasteiger partial charge < -0.3 is 5.32 Å². The summed E-state index contributed by atoms with van der Waals surface area (Å²) < 4.78 is 12.2. The van der Waals surface area contributed by atoms with Gasteiger partial charge in [0.2, 0.25) is 0 Å². The molecule has 0 aliphatic rings. The molecule has 15 heavy (non-hydrogen) atoms. The number of thiophene rings is 1. The standard InChI is InChI=1S/C10H16BrNOS2/c1-8(15(2)13)3-4-12-6-10-5-9(11)7-14-10/h5,7-8,12H,3-4,6H2,1-2H3. The van der Waals surface area contributed by atoms with Crippen molar-refractivity contribution in [1.82, 2.24) is 5.32 Å². The summed E-state index contributed by atoms with van der Waals surface area (Å²) in [5, 5.41) is 5.72. The minimum absolute atomic E-state index is 0.285. The SMILES string of the molecule is CC(CCNCc1cc(Br)cs1)S(C)=O. The Balaban J connectivity index is 2.14. The highest BCUT2D eigenvalue weighted by Gasteiger charge is 2.05. The molecule has 1 rings (SSSR count). The van der Waals surface area contributed by atoms with E-state index in [9.17, 15) is 4.21 Å². The third kappa shape index (κ3) is 5.24. The molecular weight excluding hydrogens is 294 g/mol. The van der Waals surface area contributed by atoms with Gasteiger partial charge in [0, 0.05) is 43.6 Å². The van der Waals surface area contributed by atoms with Crippen molar-refractivity contribution in [2.24, 2.45) is 0 Å². The van der Waals surface area contributed by atoms with Crippen LogP contribution in [0, 0.1) is 0 Å². The summed E-state index contributed by atoms with van der Waals surface area (Å²) in [5.41, 5.74) is 0. The van der Waals surface area contributed by atoms with Crippen LogP contribution in [0.4, 0.5) is 0 Å². The zero-order chi connectivity index (χ0) is 11.3. The molecule has 86 valence electrons. The van der Waals surface area contributed by atoms with Gasteiger partial charge >= 0.3 is 0 Å². The van der Waals surface area contributed by atoms with E-state index in [1.165, 1.54) is 4.88 Å². The number of hydrogen-bond donors (Lipinski definition) is 1. The Morgan fingerprint density at radius 2 is 2.40 bits per heavy atom. The summed E-state index contributed by atoms with van der Waals surface area (Å²) >= 11 is 5.17. The summed E-state index contributed by atoms with van der Waals surface area (Å²) in [4.78, 5) is 1.33. The van der Waals surface area contributed by atoms with E-state index in [1.54, 1.807) is 17.6 Å². The van der Waals surface area contributed by atoms with Crippen LogP contribution in [-0.2, 0) is 17.3 Å². The Bertz CT molecular complexity index is 327. The van der Waals surface area contributed by atoms with E-state index in [1.807, 2.05) is 6.92 Å². The number of hydrogen-bond acceptors (Lipinski definition) is 3. The van der Waals surface area contributed by atoms with Gasteiger partial charge in [-0.1, -0.05) is 6.92 Å². The summed E-state index contributed by atoms with van der Waals surface area (Å²) in [6, 6.07) is 2.12. The summed E-state index contributed by atoms with van der Waals surface area (Å²) in [6.45, 7) is 3.86. The highest BCUT2D eigenvalue weighted by atomic mass is 79.9. The van der Waals surface area contributed by atoms with Crippen molar-refractivity contribution in [3.8, 4) is 0 Å². The molecule has 2 atom stereocenters. The molecule has 0 aliphatic carbocycles. The topological polar surface area (TPSA) is 29.1 Å². The molecule has 0 bridgehead atoms. The van der Waals surface area contributed by atoms with Crippen LogP contribution >= 0.6 is 27.3 Å². The largest absolute Gasteiger partial charge is 0.312 e. The molecule has 1 aromatic rings. The maximum absolute atomic E-state index is 11.1. The molecule has 1 heterocycles. The van der Waals surface area contributed by atoms with Gasteiger partial charge in [0.15, 0.2) is 0 Å². The first-order valence-corrected chi connectivity index (χ1v) is 8.15. The second-order valence-corrected chi connectivity index (χ2v) is 7.22. The second kappa shape index (κ2) is 6.78. The van der Waals surface area contributed by atoms with Crippen LogP contribution in [0.1, 0.15) is 18.2 Å². The van der Waals surface area contributed by atoms with Crippen LogP contribution < -0.4 is 5.32 Å². The van der Waals surface area contributed by atoms with Gasteiger partial charge in [-0.25, -0.2) is 0 Å². The molecule has 0 amide bonds. The van der Waals surface area contributed by atoms with E-state index in [2.05, 4.69) is 32.7 Å². The molecule has 1 aromatic heterocycles. The lowest BCUT2D eigenvalue weighted by Gasteiger charge is -2.08. The van der Waals surface area contributed by atoms with Crippen LogP contribution in [0.5, 0.6) is 0 Å². The first-order valence-electron chi connectivity index (χ1n) is 4.85. The Kier molecular flexibility index (Phi) is 6.04. The van der Waals surface area contributed by atoms with E-state index in [-0.39, 0.29) is 5.25 Å². The lowest BCUT2D eigenvalue weighted by Crippen LogP contribution is -2.20. The molecule has 0 aliphatic heterocycles. The fraction of sp³-hybridized carbons (Fsp3) is 0.600. The molecule has 0 radical (unpaired) electrons. The predicted molar refractivity (Wildman–Crippen MR) is 71.9 cm³/mol. The first kappa shape index (κ1) is 13.4. The van der Waals surface area contributed by atoms with Crippen molar-refractivity contribution < 1.29 is 4.21 Å². The lowest BCUT2D eigenvalue weighted by atomic mass is 10.3. The fourth-order valence-electron chi connectivity index (χ4n) is 1.13. The third-order valence-electron chi connectivity index (χ3n) is 2.22. The summed E-state index contributed by atoms with van der Waals surface area (Å²) in [5.74, 6) is 0. The van der Waals surface area contributed by atoms with E-state index in [0.717, 1.165) is 24.0 Å². The van der Waals surface area contributed by atoms with Crippen molar-refractivity contribution in [2.75, 3.05) is 12.8 Å². The molecule has 2 unspecified atom stereocenters. The predicted octanol–water partition coefficient (Wildman–Crippen LogP) is 2.76. The van der Waals surface area contributed by atoms with Gasteiger partial charge in [0.1, 0.15) is 0 Å². The summed E-state index contributed by atoms with van der Waals surface area (Å²) in [7, 11) is -0.699. The molecule has 0 fully saturated rings. The molecular formula is C10H16BrNOS2. The van der Waals surface area contributed by atoms with Crippen LogP contribution in [0.3, 0.4) is 0 Å². The first-order chi connectivity index (χ1) is 7.09. The Morgan fingerprint density at radius 3 is 2.93 bits per heavy atom. The molecule has 5 heteroatoms. The summed E-state index contributed by atoms with van der Waals surface area (Å²) in [6.07, 6.45) is 2.73. The molecule has 0 saturated heterocycles. The van der Waals surface area contributed by atoms with E-state index < -0.39 is 10.8 Å².